The van der Waals surface area contributed by atoms with E-state index in [1.165, 1.54) is 12.0 Å². The molecule has 2 aliphatic rings. The molecule has 4 heteroatoms. The Bertz CT molecular complexity index is 478. The maximum absolute atomic E-state index is 10.7. The van der Waals surface area contributed by atoms with Crippen LogP contribution in [0.15, 0.2) is 18.2 Å². The number of fused-ring (bicyclic) bond motifs is 1. The molecule has 1 aromatic carbocycles. The van der Waals surface area contributed by atoms with Crippen LogP contribution in [0.3, 0.4) is 0 Å². The highest BCUT2D eigenvalue weighted by atomic mass is 16.5. The van der Waals surface area contributed by atoms with Gasteiger partial charge in [0, 0.05) is 19.1 Å². The van der Waals surface area contributed by atoms with Gasteiger partial charge in [0.05, 0.1) is 13.2 Å². The molecule has 110 valence electrons. The molecule has 1 aliphatic carbocycles. The number of likely N-dealkylation sites (N-methyl/N-ethyl adjacent to an activating group) is 1. The summed E-state index contributed by atoms with van der Waals surface area (Å²) in [6.07, 6.45) is 1.74. The average Bonchev–Trinajstić information content (AvgIpc) is 2.64. The van der Waals surface area contributed by atoms with Gasteiger partial charge in [-0.2, -0.15) is 0 Å². The van der Waals surface area contributed by atoms with Gasteiger partial charge in [-0.3, -0.25) is 4.90 Å². The maximum atomic E-state index is 10.7. The van der Waals surface area contributed by atoms with E-state index in [9.17, 15) is 5.11 Å². The van der Waals surface area contributed by atoms with Crippen molar-refractivity contribution in [2.75, 3.05) is 40.3 Å². The molecule has 1 N–H and O–H groups in total. The lowest BCUT2D eigenvalue weighted by atomic mass is 10.1. The molecule has 0 saturated carbocycles. The van der Waals surface area contributed by atoms with Crippen molar-refractivity contribution in [2.24, 2.45) is 0 Å². The third kappa shape index (κ3) is 2.55. The molecule has 1 aromatic rings. The Morgan fingerprint density at radius 3 is 2.85 bits per heavy atom. The van der Waals surface area contributed by atoms with Crippen molar-refractivity contribution in [3.8, 4) is 5.75 Å². The van der Waals surface area contributed by atoms with Crippen molar-refractivity contribution >= 4 is 0 Å². The first-order valence-electron chi connectivity index (χ1n) is 7.46. The van der Waals surface area contributed by atoms with E-state index in [0.717, 1.165) is 43.9 Å². The molecule has 1 aliphatic heterocycles. The lowest BCUT2D eigenvalue weighted by Crippen LogP contribution is -2.40. The summed E-state index contributed by atoms with van der Waals surface area (Å²) in [4.78, 5) is 4.83. The second kappa shape index (κ2) is 5.72. The van der Waals surface area contributed by atoms with Crippen molar-refractivity contribution in [2.45, 2.75) is 25.0 Å². The standard InChI is InChI=1S/C16H24N2O2/c1-17-6-3-7-18(9-8-17)15-10-12-4-5-13(20-2)11-14(12)16(15)19/h4-5,11,15-16,19H,3,6-10H2,1-2H3. The first-order chi connectivity index (χ1) is 9.69. The largest absolute Gasteiger partial charge is 0.497 e. The topological polar surface area (TPSA) is 35.9 Å². The molecule has 0 spiro atoms. The minimum absolute atomic E-state index is 0.226. The van der Waals surface area contributed by atoms with E-state index in [1.807, 2.05) is 12.1 Å². The van der Waals surface area contributed by atoms with Gasteiger partial charge >= 0.3 is 0 Å². The van der Waals surface area contributed by atoms with Gasteiger partial charge < -0.3 is 14.7 Å². The Kier molecular flexibility index (Phi) is 3.96. The maximum Gasteiger partial charge on any atom is 0.119 e. The zero-order chi connectivity index (χ0) is 14.1. The zero-order valence-corrected chi connectivity index (χ0v) is 12.4. The monoisotopic (exact) mass is 276 g/mol. The number of aliphatic hydroxyl groups excluding tert-OH is 1. The summed E-state index contributed by atoms with van der Waals surface area (Å²) in [7, 11) is 3.85. The molecule has 0 aromatic heterocycles. The Morgan fingerprint density at radius 2 is 2.05 bits per heavy atom. The molecule has 4 nitrogen and oxygen atoms in total. The summed E-state index contributed by atoms with van der Waals surface area (Å²) in [5, 5.41) is 10.7. The second-order valence-corrected chi connectivity index (χ2v) is 5.97. The zero-order valence-electron chi connectivity index (χ0n) is 12.4. The summed E-state index contributed by atoms with van der Waals surface area (Å²) in [6.45, 7) is 4.36. The molecule has 20 heavy (non-hydrogen) atoms. The summed E-state index contributed by atoms with van der Waals surface area (Å²) in [5.74, 6) is 0.832. The van der Waals surface area contributed by atoms with Crippen molar-refractivity contribution in [3.05, 3.63) is 29.3 Å². The van der Waals surface area contributed by atoms with Gasteiger partial charge in [-0.1, -0.05) is 6.07 Å². The van der Waals surface area contributed by atoms with Crippen LogP contribution in [0.2, 0.25) is 0 Å². The molecule has 0 amide bonds. The molecule has 1 saturated heterocycles. The first kappa shape index (κ1) is 13.9. The van der Waals surface area contributed by atoms with Crippen LogP contribution >= 0.6 is 0 Å². The van der Waals surface area contributed by atoms with Crippen LogP contribution in [-0.2, 0) is 6.42 Å². The van der Waals surface area contributed by atoms with Gasteiger partial charge in [0.1, 0.15) is 5.75 Å². The number of hydrogen-bond acceptors (Lipinski definition) is 4. The Morgan fingerprint density at radius 1 is 1.20 bits per heavy atom. The average molecular weight is 276 g/mol. The molecule has 1 fully saturated rings. The number of hydrogen-bond donors (Lipinski definition) is 1. The van der Waals surface area contributed by atoms with E-state index >= 15 is 0 Å². The summed E-state index contributed by atoms with van der Waals surface area (Å²) >= 11 is 0. The second-order valence-electron chi connectivity index (χ2n) is 5.97. The highest BCUT2D eigenvalue weighted by Crippen LogP contribution is 2.36. The molecule has 0 radical (unpaired) electrons. The van der Waals surface area contributed by atoms with Crippen LogP contribution in [-0.4, -0.2) is 61.3 Å². The highest BCUT2D eigenvalue weighted by Gasteiger charge is 2.35. The van der Waals surface area contributed by atoms with Gasteiger partial charge in [-0.05, 0) is 56.2 Å². The summed E-state index contributed by atoms with van der Waals surface area (Å²) < 4.78 is 5.27. The third-order valence-electron chi connectivity index (χ3n) is 4.69. The Labute approximate surface area is 120 Å². The number of aliphatic hydroxyl groups is 1. The predicted octanol–water partition coefficient (Wildman–Crippen LogP) is 1.29. The van der Waals surface area contributed by atoms with Crippen LogP contribution in [0.5, 0.6) is 5.75 Å². The van der Waals surface area contributed by atoms with E-state index in [1.54, 1.807) is 7.11 Å². The van der Waals surface area contributed by atoms with Crippen molar-refractivity contribution < 1.29 is 9.84 Å². The summed E-state index contributed by atoms with van der Waals surface area (Å²) in [5.41, 5.74) is 2.31. The normalized spacial score (nSPS) is 28.1. The lowest BCUT2D eigenvalue weighted by molar-refractivity contribution is 0.0630. The number of methoxy groups -OCH3 is 1. The van der Waals surface area contributed by atoms with Crippen LogP contribution in [0.25, 0.3) is 0 Å². The van der Waals surface area contributed by atoms with E-state index < -0.39 is 0 Å². The van der Waals surface area contributed by atoms with Gasteiger partial charge in [-0.25, -0.2) is 0 Å². The number of benzene rings is 1. The Balaban J connectivity index is 1.77. The molecular formula is C16H24N2O2. The number of nitrogens with zero attached hydrogens (tertiary/aromatic N) is 2. The van der Waals surface area contributed by atoms with Crippen molar-refractivity contribution in [1.29, 1.82) is 0 Å². The van der Waals surface area contributed by atoms with Gasteiger partial charge in [0.2, 0.25) is 0 Å². The smallest absolute Gasteiger partial charge is 0.119 e. The predicted molar refractivity (Wildman–Crippen MR) is 79.1 cm³/mol. The lowest BCUT2D eigenvalue weighted by Gasteiger charge is -2.29. The number of ether oxygens (including phenoxy) is 1. The van der Waals surface area contributed by atoms with Crippen molar-refractivity contribution in [1.82, 2.24) is 9.80 Å². The molecule has 2 atom stereocenters. The van der Waals surface area contributed by atoms with Gasteiger partial charge in [0.25, 0.3) is 0 Å². The number of rotatable bonds is 2. The first-order valence-corrected chi connectivity index (χ1v) is 7.46. The molecular weight excluding hydrogens is 252 g/mol. The van der Waals surface area contributed by atoms with E-state index in [-0.39, 0.29) is 12.1 Å². The van der Waals surface area contributed by atoms with Gasteiger partial charge in [0.15, 0.2) is 0 Å². The third-order valence-corrected chi connectivity index (χ3v) is 4.69. The fraction of sp³-hybridized carbons (Fsp3) is 0.625. The van der Waals surface area contributed by atoms with E-state index in [2.05, 4.69) is 22.9 Å². The van der Waals surface area contributed by atoms with Crippen molar-refractivity contribution in [3.63, 3.8) is 0 Å². The van der Waals surface area contributed by atoms with Gasteiger partial charge in [-0.15, -0.1) is 0 Å². The Hall–Kier alpha value is -1.10. The molecule has 1 heterocycles. The SMILES string of the molecule is COc1ccc2c(c1)C(O)C(N1CCCN(C)CC1)C2. The molecule has 0 bridgehead atoms. The van der Waals surface area contributed by atoms with E-state index in [4.69, 9.17) is 4.74 Å². The van der Waals surface area contributed by atoms with Crippen LogP contribution in [0, 0.1) is 0 Å². The summed E-state index contributed by atoms with van der Waals surface area (Å²) in [6, 6.07) is 6.30. The van der Waals surface area contributed by atoms with Crippen LogP contribution in [0.4, 0.5) is 0 Å². The van der Waals surface area contributed by atoms with E-state index in [0.29, 0.717) is 0 Å². The fourth-order valence-corrected chi connectivity index (χ4v) is 3.43. The minimum atomic E-state index is -0.386. The minimum Gasteiger partial charge on any atom is -0.497 e. The highest BCUT2D eigenvalue weighted by molar-refractivity contribution is 5.41. The van der Waals surface area contributed by atoms with Crippen LogP contribution in [0.1, 0.15) is 23.7 Å². The fourth-order valence-electron chi connectivity index (χ4n) is 3.43. The quantitative estimate of drug-likeness (QED) is 0.883. The molecule has 3 rings (SSSR count). The van der Waals surface area contributed by atoms with Crippen LogP contribution < -0.4 is 4.74 Å². The molecule has 2 unspecified atom stereocenters.